The van der Waals surface area contributed by atoms with E-state index in [0.717, 1.165) is 0 Å². The molecule has 2 heterocycles. The van der Waals surface area contributed by atoms with E-state index < -0.39 is 0 Å². The molecule has 5 nitrogen and oxygen atoms in total. The van der Waals surface area contributed by atoms with Crippen LogP contribution in [0.15, 0.2) is 40.8 Å². The summed E-state index contributed by atoms with van der Waals surface area (Å²) < 4.78 is 1.34. The van der Waals surface area contributed by atoms with Crippen molar-refractivity contribution in [3.8, 4) is 0 Å². The summed E-state index contributed by atoms with van der Waals surface area (Å²) in [5, 5.41) is 4.91. The van der Waals surface area contributed by atoms with Crippen molar-refractivity contribution in [1.82, 2.24) is 9.55 Å². The predicted molar refractivity (Wildman–Crippen MR) is 61.4 cm³/mol. The zero-order chi connectivity index (χ0) is 11.4. The predicted octanol–water partition coefficient (Wildman–Crippen LogP) is 0.943. The van der Waals surface area contributed by atoms with Crippen LogP contribution in [0.4, 0.5) is 5.13 Å². The molecule has 6 heteroatoms. The van der Waals surface area contributed by atoms with Gasteiger partial charge in [0, 0.05) is 23.8 Å². The smallest absolute Gasteiger partial charge is 0.250 e. The molecule has 0 aromatic carbocycles. The summed E-state index contributed by atoms with van der Waals surface area (Å²) in [5.41, 5.74) is -0.197. The molecule has 0 aliphatic heterocycles. The van der Waals surface area contributed by atoms with Gasteiger partial charge in [0.1, 0.15) is 6.54 Å². The van der Waals surface area contributed by atoms with Crippen molar-refractivity contribution < 1.29 is 4.79 Å². The van der Waals surface area contributed by atoms with Crippen molar-refractivity contribution in [2.45, 2.75) is 6.54 Å². The molecule has 1 amide bonds. The minimum atomic E-state index is -0.261. The van der Waals surface area contributed by atoms with Crippen LogP contribution in [0.1, 0.15) is 0 Å². The topological polar surface area (TPSA) is 64.0 Å². The van der Waals surface area contributed by atoms with Gasteiger partial charge in [0.05, 0.1) is 0 Å². The molecule has 0 radical (unpaired) electrons. The van der Waals surface area contributed by atoms with Crippen LogP contribution in [-0.2, 0) is 11.3 Å². The SMILES string of the molecule is O=C(Cn1ccccc1=O)Nc1nccs1. The molecule has 0 unspecified atom stereocenters. The van der Waals surface area contributed by atoms with E-state index in [1.807, 2.05) is 0 Å². The Morgan fingerprint density at radius 1 is 1.50 bits per heavy atom. The molecular formula is C10H9N3O2S. The molecule has 16 heavy (non-hydrogen) atoms. The maximum atomic E-state index is 11.5. The van der Waals surface area contributed by atoms with Crippen molar-refractivity contribution in [3.05, 3.63) is 46.3 Å². The average Bonchev–Trinajstić information content (AvgIpc) is 2.74. The first-order chi connectivity index (χ1) is 7.75. The number of carbonyl (C=O) groups is 1. The fraction of sp³-hybridized carbons (Fsp3) is 0.100. The number of nitrogens with zero attached hydrogens (tertiary/aromatic N) is 2. The van der Waals surface area contributed by atoms with Gasteiger partial charge in [-0.3, -0.25) is 9.59 Å². The highest BCUT2D eigenvalue weighted by molar-refractivity contribution is 7.13. The van der Waals surface area contributed by atoms with Gasteiger partial charge < -0.3 is 9.88 Å². The minimum absolute atomic E-state index is 0.000741. The van der Waals surface area contributed by atoms with Gasteiger partial charge in [-0.05, 0) is 6.07 Å². The fourth-order valence-corrected chi connectivity index (χ4v) is 1.74. The summed E-state index contributed by atoms with van der Waals surface area (Å²) in [6.45, 7) is -0.000741. The molecular weight excluding hydrogens is 226 g/mol. The van der Waals surface area contributed by atoms with E-state index in [1.54, 1.807) is 29.9 Å². The highest BCUT2D eigenvalue weighted by atomic mass is 32.1. The van der Waals surface area contributed by atoms with Gasteiger partial charge in [-0.15, -0.1) is 11.3 Å². The molecule has 82 valence electrons. The summed E-state index contributed by atoms with van der Waals surface area (Å²) >= 11 is 1.34. The van der Waals surface area contributed by atoms with Gasteiger partial charge in [0.25, 0.3) is 5.56 Å². The Labute approximate surface area is 95.4 Å². The fourth-order valence-electron chi connectivity index (χ4n) is 1.19. The summed E-state index contributed by atoms with van der Waals surface area (Å²) in [5.74, 6) is -0.261. The summed E-state index contributed by atoms with van der Waals surface area (Å²) in [4.78, 5) is 26.8. The van der Waals surface area contributed by atoms with Gasteiger partial charge in [-0.1, -0.05) is 6.07 Å². The highest BCUT2D eigenvalue weighted by Crippen LogP contribution is 2.09. The third kappa shape index (κ3) is 2.54. The lowest BCUT2D eigenvalue weighted by Crippen LogP contribution is -2.26. The van der Waals surface area contributed by atoms with Crippen LogP contribution in [-0.4, -0.2) is 15.5 Å². The third-order valence-electron chi connectivity index (χ3n) is 1.89. The lowest BCUT2D eigenvalue weighted by atomic mass is 10.4. The number of carbonyl (C=O) groups excluding carboxylic acids is 1. The third-order valence-corrected chi connectivity index (χ3v) is 2.58. The number of rotatable bonds is 3. The monoisotopic (exact) mass is 235 g/mol. The van der Waals surface area contributed by atoms with E-state index in [1.165, 1.54) is 22.0 Å². The number of amides is 1. The zero-order valence-corrected chi connectivity index (χ0v) is 9.11. The van der Waals surface area contributed by atoms with Gasteiger partial charge in [0.2, 0.25) is 5.91 Å². The number of aromatic nitrogens is 2. The summed E-state index contributed by atoms with van der Waals surface area (Å²) in [6.07, 6.45) is 3.18. The van der Waals surface area contributed by atoms with Crippen LogP contribution in [0.3, 0.4) is 0 Å². The first kappa shape index (κ1) is 10.6. The molecule has 1 N–H and O–H groups in total. The summed E-state index contributed by atoms with van der Waals surface area (Å²) in [6, 6.07) is 4.76. The van der Waals surface area contributed by atoms with Gasteiger partial charge in [0.15, 0.2) is 5.13 Å². The van der Waals surface area contributed by atoms with Crippen LogP contribution < -0.4 is 10.9 Å². The number of hydrogen-bond acceptors (Lipinski definition) is 4. The van der Waals surface area contributed by atoms with Crippen LogP contribution >= 0.6 is 11.3 Å². The summed E-state index contributed by atoms with van der Waals surface area (Å²) in [7, 11) is 0. The van der Waals surface area contributed by atoms with Gasteiger partial charge in [-0.25, -0.2) is 4.98 Å². The van der Waals surface area contributed by atoms with E-state index in [4.69, 9.17) is 0 Å². The molecule has 2 rings (SSSR count). The molecule has 0 fully saturated rings. The van der Waals surface area contributed by atoms with Crippen molar-refractivity contribution >= 4 is 22.4 Å². The molecule has 0 atom stereocenters. The van der Waals surface area contributed by atoms with E-state index in [2.05, 4.69) is 10.3 Å². The van der Waals surface area contributed by atoms with Crippen LogP contribution in [0.25, 0.3) is 0 Å². The van der Waals surface area contributed by atoms with Crippen molar-refractivity contribution in [1.29, 1.82) is 0 Å². The number of nitrogens with one attached hydrogen (secondary N) is 1. The number of anilines is 1. The zero-order valence-electron chi connectivity index (χ0n) is 8.29. The van der Waals surface area contributed by atoms with Crippen LogP contribution in [0, 0.1) is 0 Å². The molecule has 0 aliphatic carbocycles. The van der Waals surface area contributed by atoms with E-state index >= 15 is 0 Å². The largest absolute Gasteiger partial charge is 0.306 e. The molecule has 0 bridgehead atoms. The van der Waals surface area contributed by atoms with E-state index in [-0.39, 0.29) is 18.0 Å². The molecule has 0 saturated heterocycles. The molecule has 0 saturated carbocycles. The Morgan fingerprint density at radius 3 is 3.06 bits per heavy atom. The van der Waals surface area contributed by atoms with Crippen LogP contribution in [0.2, 0.25) is 0 Å². The molecule has 2 aromatic heterocycles. The van der Waals surface area contributed by atoms with E-state index in [9.17, 15) is 9.59 Å². The first-order valence-electron chi connectivity index (χ1n) is 4.60. The molecule has 0 aliphatic rings. The maximum Gasteiger partial charge on any atom is 0.250 e. The standard InChI is InChI=1S/C10H9N3O2S/c14-8(12-10-11-4-6-16-10)7-13-5-2-1-3-9(13)15/h1-6H,7H2,(H,11,12,14). The second-order valence-corrected chi connectivity index (χ2v) is 3.95. The average molecular weight is 235 g/mol. The maximum absolute atomic E-state index is 11.5. The van der Waals surface area contributed by atoms with Crippen molar-refractivity contribution in [2.75, 3.05) is 5.32 Å². The molecule has 0 spiro atoms. The Morgan fingerprint density at radius 2 is 2.38 bits per heavy atom. The second kappa shape index (κ2) is 4.71. The minimum Gasteiger partial charge on any atom is -0.306 e. The highest BCUT2D eigenvalue weighted by Gasteiger charge is 2.05. The normalized spacial score (nSPS) is 10.0. The Hall–Kier alpha value is -1.95. The van der Waals surface area contributed by atoms with E-state index in [0.29, 0.717) is 5.13 Å². The lowest BCUT2D eigenvalue weighted by molar-refractivity contribution is -0.116. The molecule has 2 aromatic rings. The quantitative estimate of drug-likeness (QED) is 0.861. The first-order valence-corrected chi connectivity index (χ1v) is 5.48. The Kier molecular flexibility index (Phi) is 3.11. The Balaban J connectivity index is 2.03. The van der Waals surface area contributed by atoms with Crippen LogP contribution in [0.5, 0.6) is 0 Å². The Bertz CT molecular complexity index is 533. The number of hydrogen-bond donors (Lipinski definition) is 1. The van der Waals surface area contributed by atoms with Crippen molar-refractivity contribution in [2.24, 2.45) is 0 Å². The number of thiazole rings is 1. The van der Waals surface area contributed by atoms with Gasteiger partial charge in [-0.2, -0.15) is 0 Å². The van der Waals surface area contributed by atoms with Crippen molar-refractivity contribution in [3.63, 3.8) is 0 Å². The lowest BCUT2D eigenvalue weighted by Gasteiger charge is -2.04. The van der Waals surface area contributed by atoms with Gasteiger partial charge >= 0.3 is 0 Å². The number of pyridine rings is 1. The second-order valence-electron chi connectivity index (χ2n) is 3.05.